The molecule has 0 bridgehead atoms. The van der Waals surface area contributed by atoms with Gasteiger partial charge in [-0.05, 0) is 42.5 Å². The second-order valence-corrected chi connectivity index (χ2v) is 7.11. The fourth-order valence-electron chi connectivity index (χ4n) is 3.60. The number of halogens is 1. The summed E-state index contributed by atoms with van der Waals surface area (Å²) >= 11 is 0. The fraction of sp³-hybridized carbons (Fsp3) is 0.0870. The molecular weight excluding hydrogens is 413 g/mol. The third kappa shape index (κ3) is 3.49. The largest absolute Gasteiger partial charge is 0.447 e. The van der Waals surface area contributed by atoms with Gasteiger partial charge in [-0.25, -0.2) is 13.9 Å². The molecule has 0 spiro atoms. The number of para-hydroxylation sites is 1. The van der Waals surface area contributed by atoms with Crippen molar-refractivity contribution in [3.05, 3.63) is 90.6 Å². The summed E-state index contributed by atoms with van der Waals surface area (Å²) in [6.45, 7) is 0.772. The van der Waals surface area contributed by atoms with E-state index >= 15 is 0 Å². The number of ether oxygens (including phenoxy) is 1. The molecule has 0 saturated carbocycles. The average Bonchev–Trinajstić information content (AvgIpc) is 3.54. The Bertz CT molecular complexity index is 1300. The summed E-state index contributed by atoms with van der Waals surface area (Å²) in [5, 5.41) is 7.12. The second kappa shape index (κ2) is 8.03. The van der Waals surface area contributed by atoms with Crippen LogP contribution in [0.3, 0.4) is 0 Å². The highest BCUT2D eigenvalue weighted by Gasteiger charge is 2.25. The van der Waals surface area contributed by atoms with Crippen molar-refractivity contribution in [1.82, 2.24) is 14.3 Å². The average molecular weight is 431 g/mol. The van der Waals surface area contributed by atoms with Crippen molar-refractivity contribution in [1.29, 1.82) is 0 Å². The predicted molar refractivity (Wildman–Crippen MR) is 116 cm³/mol. The molecule has 1 aliphatic heterocycles. The number of nitrogens with zero attached hydrogens (tertiary/aromatic N) is 4. The molecule has 2 aromatic heterocycles. The fourth-order valence-corrected chi connectivity index (χ4v) is 3.60. The Morgan fingerprint density at radius 3 is 2.62 bits per heavy atom. The molecule has 0 aliphatic carbocycles. The van der Waals surface area contributed by atoms with E-state index in [0.29, 0.717) is 30.3 Å². The van der Waals surface area contributed by atoms with Gasteiger partial charge < -0.3 is 14.6 Å². The maximum Gasteiger partial charge on any atom is 0.414 e. The number of hydrogen-bond donors (Lipinski definition) is 1. The molecule has 1 fully saturated rings. The van der Waals surface area contributed by atoms with Crippen molar-refractivity contribution >= 4 is 23.4 Å². The van der Waals surface area contributed by atoms with E-state index < -0.39 is 17.8 Å². The molecule has 3 heterocycles. The van der Waals surface area contributed by atoms with Gasteiger partial charge in [0.2, 0.25) is 0 Å². The lowest BCUT2D eigenvalue weighted by atomic mass is 10.2. The lowest BCUT2D eigenvalue weighted by Gasteiger charge is -2.15. The number of anilines is 2. The summed E-state index contributed by atoms with van der Waals surface area (Å²) < 4.78 is 22.5. The molecule has 5 rings (SSSR count). The third-order valence-electron chi connectivity index (χ3n) is 5.09. The lowest BCUT2D eigenvalue weighted by molar-refractivity contribution is 0.102. The van der Waals surface area contributed by atoms with Gasteiger partial charge >= 0.3 is 6.09 Å². The first-order valence-corrected chi connectivity index (χ1v) is 9.94. The predicted octanol–water partition coefficient (Wildman–Crippen LogP) is 4.01. The molecule has 8 nitrogen and oxygen atoms in total. The first-order valence-electron chi connectivity index (χ1n) is 9.94. The maximum atomic E-state index is 14.5. The van der Waals surface area contributed by atoms with Gasteiger partial charge in [0.05, 0.1) is 12.7 Å². The molecule has 0 unspecified atom stereocenters. The van der Waals surface area contributed by atoms with Crippen LogP contribution in [0.15, 0.2) is 79.3 Å². The first-order chi connectivity index (χ1) is 15.6. The summed E-state index contributed by atoms with van der Waals surface area (Å²) in [5.74, 6) is -0.476. The van der Waals surface area contributed by atoms with Crippen LogP contribution in [0, 0.1) is 5.82 Å². The van der Waals surface area contributed by atoms with Crippen LogP contribution in [0.1, 0.15) is 10.4 Å². The van der Waals surface area contributed by atoms with Gasteiger partial charge in [0.15, 0.2) is 5.82 Å². The van der Waals surface area contributed by atoms with Gasteiger partial charge in [-0.2, -0.15) is 5.10 Å². The number of carbonyl (C=O) groups excluding carboxylic acids is 2. The Morgan fingerprint density at radius 2 is 1.88 bits per heavy atom. The van der Waals surface area contributed by atoms with Gasteiger partial charge in [0.1, 0.15) is 23.7 Å². The van der Waals surface area contributed by atoms with Gasteiger partial charge in [-0.15, -0.1) is 0 Å². The number of carbonyl (C=O) groups is 2. The van der Waals surface area contributed by atoms with Crippen LogP contribution in [-0.4, -0.2) is 39.5 Å². The third-order valence-corrected chi connectivity index (χ3v) is 5.09. The van der Waals surface area contributed by atoms with Crippen LogP contribution in [0.25, 0.3) is 11.5 Å². The summed E-state index contributed by atoms with van der Waals surface area (Å²) in [4.78, 5) is 26.5. The van der Waals surface area contributed by atoms with E-state index in [1.165, 1.54) is 21.8 Å². The Balaban J connectivity index is 1.50. The van der Waals surface area contributed by atoms with Crippen molar-refractivity contribution in [3.8, 4) is 11.5 Å². The van der Waals surface area contributed by atoms with Crippen molar-refractivity contribution in [2.24, 2.45) is 0 Å². The number of hydrogen-bond acceptors (Lipinski definition) is 4. The Labute approximate surface area is 182 Å². The standard InChI is InChI=1S/C23H18FN5O3/c24-19-8-1-2-9-20(19)29-22(27-10-3-4-11-27)18(15-25-29)21(30)26-16-6-5-7-17(14-16)28-12-13-32-23(28)31/h1-11,14-15H,12-13H2,(H,26,30). The normalized spacial score (nSPS) is 13.3. The minimum absolute atomic E-state index is 0.227. The van der Waals surface area contributed by atoms with Gasteiger partial charge in [0.25, 0.3) is 5.91 Å². The zero-order valence-corrected chi connectivity index (χ0v) is 16.8. The van der Waals surface area contributed by atoms with Crippen LogP contribution in [0.4, 0.5) is 20.6 Å². The molecule has 9 heteroatoms. The number of amides is 2. The molecule has 2 aromatic carbocycles. The Morgan fingerprint density at radius 1 is 1.06 bits per heavy atom. The zero-order valence-electron chi connectivity index (χ0n) is 16.8. The molecule has 2 amide bonds. The first kappa shape index (κ1) is 19.6. The van der Waals surface area contributed by atoms with E-state index in [4.69, 9.17) is 4.74 Å². The Hall–Kier alpha value is -4.40. The summed E-state index contributed by atoms with van der Waals surface area (Å²) in [6, 6.07) is 16.8. The maximum absolute atomic E-state index is 14.5. The molecule has 32 heavy (non-hydrogen) atoms. The van der Waals surface area contributed by atoms with Crippen molar-refractivity contribution in [3.63, 3.8) is 0 Å². The molecule has 1 N–H and O–H groups in total. The SMILES string of the molecule is O=C(Nc1cccc(N2CCOC2=O)c1)c1cnn(-c2ccccc2F)c1-n1cccc1. The number of rotatable bonds is 5. The monoisotopic (exact) mass is 431 g/mol. The number of aromatic nitrogens is 3. The van der Waals surface area contributed by atoms with Crippen molar-refractivity contribution in [2.75, 3.05) is 23.4 Å². The summed E-state index contributed by atoms with van der Waals surface area (Å²) in [6.07, 6.45) is 4.49. The molecule has 1 aliphatic rings. The van der Waals surface area contributed by atoms with E-state index in [-0.39, 0.29) is 11.3 Å². The smallest absolute Gasteiger partial charge is 0.414 e. The van der Waals surface area contributed by atoms with Crippen LogP contribution < -0.4 is 10.2 Å². The number of cyclic esters (lactones) is 1. The molecule has 4 aromatic rings. The highest BCUT2D eigenvalue weighted by Crippen LogP contribution is 2.25. The van der Waals surface area contributed by atoms with E-state index in [2.05, 4.69) is 10.4 Å². The van der Waals surface area contributed by atoms with Crippen LogP contribution >= 0.6 is 0 Å². The van der Waals surface area contributed by atoms with Crippen molar-refractivity contribution in [2.45, 2.75) is 0 Å². The quantitative estimate of drug-likeness (QED) is 0.518. The molecule has 0 atom stereocenters. The lowest BCUT2D eigenvalue weighted by Crippen LogP contribution is -2.23. The summed E-state index contributed by atoms with van der Waals surface area (Å²) in [5.41, 5.74) is 1.61. The molecule has 160 valence electrons. The van der Waals surface area contributed by atoms with Crippen LogP contribution in [0.2, 0.25) is 0 Å². The highest BCUT2D eigenvalue weighted by molar-refractivity contribution is 6.06. The van der Waals surface area contributed by atoms with Crippen LogP contribution in [-0.2, 0) is 4.74 Å². The second-order valence-electron chi connectivity index (χ2n) is 7.11. The molecule has 0 radical (unpaired) electrons. The number of benzene rings is 2. The minimum Gasteiger partial charge on any atom is -0.447 e. The zero-order chi connectivity index (χ0) is 22.1. The van der Waals surface area contributed by atoms with E-state index in [9.17, 15) is 14.0 Å². The van der Waals surface area contributed by atoms with Crippen LogP contribution in [0.5, 0.6) is 0 Å². The van der Waals surface area contributed by atoms with Gasteiger partial charge in [-0.3, -0.25) is 9.69 Å². The van der Waals surface area contributed by atoms with E-state index in [1.54, 1.807) is 71.6 Å². The summed E-state index contributed by atoms with van der Waals surface area (Å²) in [7, 11) is 0. The highest BCUT2D eigenvalue weighted by atomic mass is 19.1. The minimum atomic E-state index is -0.457. The van der Waals surface area contributed by atoms with Gasteiger partial charge in [-0.1, -0.05) is 18.2 Å². The molecular formula is C23H18FN5O3. The number of nitrogens with one attached hydrogen (secondary N) is 1. The molecule has 1 saturated heterocycles. The Kier molecular flexibility index (Phi) is 4.91. The van der Waals surface area contributed by atoms with E-state index in [0.717, 1.165) is 0 Å². The topological polar surface area (TPSA) is 81.4 Å². The van der Waals surface area contributed by atoms with Gasteiger partial charge in [0, 0.05) is 23.8 Å². The van der Waals surface area contributed by atoms with E-state index in [1.807, 2.05) is 0 Å². The van der Waals surface area contributed by atoms with Crippen molar-refractivity contribution < 1.29 is 18.7 Å².